The van der Waals surface area contributed by atoms with E-state index >= 15 is 0 Å². The zero-order valence-corrected chi connectivity index (χ0v) is 16.7. The van der Waals surface area contributed by atoms with Crippen molar-refractivity contribution < 1.29 is 13.2 Å². The van der Waals surface area contributed by atoms with Gasteiger partial charge in [-0.2, -0.15) is 11.3 Å². The molecule has 1 N–H and O–H groups in total. The first kappa shape index (κ1) is 18.8. The van der Waals surface area contributed by atoms with Crippen LogP contribution < -0.4 is 5.32 Å². The molecule has 5 nitrogen and oxygen atoms in total. The molecule has 0 aliphatic rings. The maximum absolute atomic E-state index is 12.3. The summed E-state index contributed by atoms with van der Waals surface area (Å²) in [7, 11) is -3.22. The van der Waals surface area contributed by atoms with Crippen LogP contribution in [0, 0.1) is 0 Å². The van der Waals surface area contributed by atoms with Crippen LogP contribution in [-0.2, 0) is 21.1 Å². The van der Waals surface area contributed by atoms with Crippen molar-refractivity contribution in [1.82, 2.24) is 10.3 Å². The average Bonchev–Trinajstić information content (AvgIpc) is 3.25. The van der Waals surface area contributed by atoms with Crippen LogP contribution in [0.4, 0.5) is 0 Å². The zero-order chi connectivity index (χ0) is 18.7. The van der Waals surface area contributed by atoms with Crippen molar-refractivity contribution in [2.24, 2.45) is 0 Å². The SMILES string of the molecule is C[C@@H](NC(=O)Cc1csc(-c2ccsc2)n1)c1ccc(S(C)(=O)=O)cc1. The molecule has 0 aliphatic heterocycles. The molecule has 26 heavy (non-hydrogen) atoms. The Bertz CT molecular complexity index is 991. The largest absolute Gasteiger partial charge is 0.349 e. The molecule has 1 atom stereocenters. The Morgan fingerprint density at radius 1 is 1.19 bits per heavy atom. The van der Waals surface area contributed by atoms with Gasteiger partial charge in [-0.1, -0.05) is 12.1 Å². The van der Waals surface area contributed by atoms with Gasteiger partial charge in [0.15, 0.2) is 9.84 Å². The van der Waals surface area contributed by atoms with Crippen molar-refractivity contribution in [3.8, 4) is 10.6 Å². The molecule has 136 valence electrons. The fourth-order valence-corrected chi connectivity index (χ4v) is 4.61. The van der Waals surface area contributed by atoms with Crippen LogP contribution in [0.15, 0.2) is 51.4 Å². The lowest BCUT2D eigenvalue weighted by molar-refractivity contribution is -0.121. The van der Waals surface area contributed by atoms with Gasteiger partial charge in [-0.3, -0.25) is 4.79 Å². The highest BCUT2D eigenvalue weighted by molar-refractivity contribution is 7.90. The normalized spacial score (nSPS) is 12.7. The molecule has 1 amide bonds. The highest BCUT2D eigenvalue weighted by atomic mass is 32.2. The smallest absolute Gasteiger partial charge is 0.226 e. The maximum atomic E-state index is 12.3. The summed E-state index contributed by atoms with van der Waals surface area (Å²) in [5.41, 5.74) is 2.67. The zero-order valence-electron chi connectivity index (χ0n) is 14.3. The summed E-state index contributed by atoms with van der Waals surface area (Å²) in [6.45, 7) is 1.87. The molecule has 0 fully saturated rings. The molecule has 3 rings (SSSR count). The molecule has 0 spiro atoms. The number of hydrogen-bond acceptors (Lipinski definition) is 6. The Morgan fingerprint density at radius 2 is 1.92 bits per heavy atom. The number of hydrogen-bond donors (Lipinski definition) is 1. The van der Waals surface area contributed by atoms with E-state index in [0.29, 0.717) is 0 Å². The number of rotatable bonds is 6. The second-order valence-electron chi connectivity index (χ2n) is 5.96. The van der Waals surface area contributed by atoms with Gasteiger partial charge in [-0.15, -0.1) is 11.3 Å². The topological polar surface area (TPSA) is 76.1 Å². The second-order valence-corrected chi connectivity index (χ2v) is 9.62. The lowest BCUT2D eigenvalue weighted by Crippen LogP contribution is -2.28. The van der Waals surface area contributed by atoms with Crippen molar-refractivity contribution in [2.75, 3.05) is 6.26 Å². The van der Waals surface area contributed by atoms with Gasteiger partial charge in [0.1, 0.15) is 5.01 Å². The van der Waals surface area contributed by atoms with Crippen LogP contribution in [0.25, 0.3) is 10.6 Å². The van der Waals surface area contributed by atoms with Crippen molar-refractivity contribution in [3.05, 3.63) is 57.7 Å². The first-order valence-electron chi connectivity index (χ1n) is 7.89. The Balaban J connectivity index is 1.61. The van der Waals surface area contributed by atoms with Gasteiger partial charge in [0, 0.05) is 22.6 Å². The number of carbonyl (C=O) groups is 1. The Hall–Kier alpha value is -2.03. The van der Waals surface area contributed by atoms with Crippen LogP contribution in [0.3, 0.4) is 0 Å². The molecule has 0 bridgehead atoms. The van der Waals surface area contributed by atoms with E-state index in [0.717, 1.165) is 21.8 Å². The molecular weight excluding hydrogens is 388 g/mol. The minimum absolute atomic E-state index is 0.119. The highest BCUT2D eigenvalue weighted by Crippen LogP contribution is 2.26. The monoisotopic (exact) mass is 406 g/mol. The number of nitrogens with zero attached hydrogens (tertiary/aromatic N) is 1. The third kappa shape index (κ3) is 4.57. The summed E-state index contributed by atoms with van der Waals surface area (Å²) < 4.78 is 23.0. The maximum Gasteiger partial charge on any atom is 0.226 e. The van der Waals surface area contributed by atoms with Crippen LogP contribution in [-0.4, -0.2) is 25.6 Å². The van der Waals surface area contributed by atoms with Crippen LogP contribution in [0.2, 0.25) is 0 Å². The van der Waals surface area contributed by atoms with E-state index < -0.39 is 9.84 Å². The summed E-state index contributed by atoms with van der Waals surface area (Å²) in [5, 5.41) is 9.77. The third-order valence-electron chi connectivity index (χ3n) is 3.85. The quantitative estimate of drug-likeness (QED) is 0.677. The van der Waals surface area contributed by atoms with Gasteiger partial charge in [-0.25, -0.2) is 13.4 Å². The van der Waals surface area contributed by atoms with Gasteiger partial charge in [0.2, 0.25) is 5.91 Å². The highest BCUT2D eigenvalue weighted by Gasteiger charge is 2.14. The van der Waals surface area contributed by atoms with Crippen molar-refractivity contribution in [3.63, 3.8) is 0 Å². The van der Waals surface area contributed by atoms with E-state index in [2.05, 4.69) is 10.3 Å². The predicted octanol–water partition coefficient (Wildman–Crippen LogP) is 3.70. The van der Waals surface area contributed by atoms with Crippen molar-refractivity contribution in [2.45, 2.75) is 24.3 Å². The number of sulfone groups is 1. The van der Waals surface area contributed by atoms with Gasteiger partial charge >= 0.3 is 0 Å². The fourth-order valence-electron chi connectivity index (χ4n) is 2.45. The van der Waals surface area contributed by atoms with E-state index in [9.17, 15) is 13.2 Å². The third-order valence-corrected chi connectivity index (χ3v) is 6.60. The van der Waals surface area contributed by atoms with E-state index in [4.69, 9.17) is 0 Å². The Labute approximate surface area is 160 Å². The minimum atomic E-state index is -3.22. The molecule has 0 radical (unpaired) electrons. The Kier molecular flexibility index (Phi) is 5.55. The first-order chi connectivity index (χ1) is 12.3. The summed E-state index contributed by atoms with van der Waals surface area (Å²) in [5.74, 6) is -0.119. The van der Waals surface area contributed by atoms with Crippen molar-refractivity contribution in [1.29, 1.82) is 0 Å². The lowest BCUT2D eigenvalue weighted by Gasteiger charge is -2.14. The van der Waals surface area contributed by atoms with Crippen LogP contribution in [0.1, 0.15) is 24.2 Å². The second kappa shape index (κ2) is 7.69. The molecular formula is C18H18N2O3S3. The summed E-state index contributed by atoms with van der Waals surface area (Å²) in [4.78, 5) is 17.1. The number of aromatic nitrogens is 1. The molecule has 0 unspecified atom stereocenters. The molecule has 2 heterocycles. The van der Waals surface area contributed by atoms with E-state index in [1.165, 1.54) is 17.6 Å². The number of thiazole rings is 1. The molecule has 3 aromatic rings. The summed E-state index contributed by atoms with van der Waals surface area (Å²) >= 11 is 3.14. The standard InChI is InChI=1S/C18H18N2O3S3/c1-12(13-3-5-16(6-4-13)26(2,22)23)19-17(21)9-15-11-25-18(20-15)14-7-8-24-10-14/h3-8,10-12H,9H2,1-2H3,(H,19,21)/t12-/m1/s1. The van der Waals surface area contributed by atoms with Gasteiger partial charge in [0.05, 0.1) is 23.1 Å². The minimum Gasteiger partial charge on any atom is -0.349 e. The number of nitrogens with one attached hydrogen (secondary N) is 1. The van der Waals surface area contributed by atoms with E-state index in [-0.39, 0.29) is 23.3 Å². The van der Waals surface area contributed by atoms with Crippen LogP contribution >= 0.6 is 22.7 Å². The molecule has 0 saturated heterocycles. The number of thiophene rings is 1. The molecule has 2 aromatic heterocycles. The lowest BCUT2D eigenvalue weighted by atomic mass is 10.1. The summed E-state index contributed by atoms with van der Waals surface area (Å²) in [6, 6.07) is 8.35. The van der Waals surface area contributed by atoms with Gasteiger partial charge in [-0.05, 0) is 36.1 Å². The van der Waals surface area contributed by atoms with Crippen LogP contribution in [0.5, 0.6) is 0 Å². The van der Waals surface area contributed by atoms with Gasteiger partial charge in [0.25, 0.3) is 0 Å². The first-order valence-corrected chi connectivity index (χ1v) is 11.6. The molecule has 0 aliphatic carbocycles. The molecule has 0 saturated carbocycles. The van der Waals surface area contributed by atoms with Gasteiger partial charge < -0.3 is 5.32 Å². The number of amides is 1. The van der Waals surface area contributed by atoms with E-state index in [1.54, 1.807) is 35.6 Å². The summed E-state index contributed by atoms with van der Waals surface area (Å²) in [6.07, 6.45) is 1.39. The molecule has 1 aromatic carbocycles. The van der Waals surface area contributed by atoms with E-state index in [1.807, 2.05) is 29.1 Å². The fraction of sp³-hybridized carbons (Fsp3) is 0.222. The number of carbonyl (C=O) groups excluding carboxylic acids is 1. The Morgan fingerprint density at radius 3 is 2.54 bits per heavy atom. The average molecular weight is 407 g/mol. The number of benzene rings is 1. The van der Waals surface area contributed by atoms with Crippen molar-refractivity contribution >= 4 is 38.4 Å². The molecule has 8 heteroatoms. The predicted molar refractivity (Wildman–Crippen MR) is 105 cm³/mol.